The molecule has 3 rings (SSSR count). The monoisotopic (exact) mass is 272 g/mol. The van der Waals surface area contributed by atoms with Gasteiger partial charge in [-0.3, -0.25) is 5.10 Å². The molecule has 1 fully saturated rings. The van der Waals surface area contributed by atoms with Gasteiger partial charge in [-0.25, -0.2) is 0 Å². The van der Waals surface area contributed by atoms with Gasteiger partial charge in [-0.2, -0.15) is 10.2 Å². The van der Waals surface area contributed by atoms with E-state index in [-0.39, 0.29) is 0 Å². The van der Waals surface area contributed by atoms with Crippen LogP contribution in [0, 0.1) is 0 Å². The van der Waals surface area contributed by atoms with E-state index in [4.69, 9.17) is 10.5 Å². The maximum Gasteiger partial charge on any atom is 0.180 e. The highest BCUT2D eigenvalue weighted by atomic mass is 16.5. The summed E-state index contributed by atoms with van der Waals surface area (Å²) in [7, 11) is 0. The second kappa shape index (κ2) is 5.70. The van der Waals surface area contributed by atoms with Gasteiger partial charge in [0.05, 0.1) is 18.9 Å². The summed E-state index contributed by atoms with van der Waals surface area (Å²) in [6.45, 7) is 2.92. The first kappa shape index (κ1) is 12.6. The topological polar surface area (TPSA) is 91.9 Å². The molecule has 20 heavy (non-hydrogen) atoms. The number of H-pyrrole nitrogens is 1. The number of hydrogen-bond donors (Lipinski definition) is 2. The summed E-state index contributed by atoms with van der Waals surface area (Å²) in [5.41, 5.74) is 7.24. The van der Waals surface area contributed by atoms with E-state index in [0.717, 1.165) is 24.6 Å². The molecule has 0 unspecified atom stereocenters. The predicted molar refractivity (Wildman–Crippen MR) is 76.7 cm³/mol. The van der Waals surface area contributed by atoms with Gasteiger partial charge in [-0.15, -0.1) is 5.11 Å². The van der Waals surface area contributed by atoms with E-state index in [0.29, 0.717) is 24.7 Å². The summed E-state index contributed by atoms with van der Waals surface area (Å²) in [6.07, 6.45) is 0. The second-order valence-corrected chi connectivity index (χ2v) is 4.44. The number of aromatic nitrogens is 2. The Balaban J connectivity index is 1.85. The quantitative estimate of drug-likeness (QED) is 0.838. The van der Waals surface area contributed by atoms with Crippen molar-refractivity contribution >= 4 is 23.0 Å². The minimum absolute atomic E-state index is 0.422. The molecule has 1 aromatic heterocycles. The van der Waals surface area contributed by atoms with Crippen LogP contribution in [0.5, 0.6) is 0 Å². The smallest absolute Gasteiger partial charge is 0.180 e. The first-order valence-corrected chi connectivity index (χ1v) is 6.48. The van der Waals surface area contributed by atoms with Crippen molar-refractivity contribution in [2.45, 2.75) is 0 Å². The fourth-order valence-electron chi connectivity index (χ4n) is 2.04. The van der Waals surface area contributed by atoms with Crippen LogP contribution >= 0.6 is 0 Å². The highest BCUT2D eigenvalue weighted by Gasteiger charge is 2.19. The molecule has 1 saturated heterocycles. The van der Waals surface area contributed by atoms with Crippen LogP contribution in [0.3, 0.4) is 0 Å². The van der Waals surface area contributed by atoms with Gasteiger partial charge in [0, 0.05) is 13.1 Å². The van der Waals surface area contributed by atoms with Crippen molar-refractivity contribution in [2.24, 2.45) is 10.2 Å². The van der Waals surface area contributed by atoms with E-state index in [1.165, 1.54) is 0 Å². The van der Waals surface area contributed by atoms with Crippen molar-refractivity contribution in [3.63, 3.8) is 0 Å². The Hall–Kier alpha value is -2.41. The number of morpholine rings is 1. The number of ether oxygens (including phenoxy) is 1. The lowest BCUT2D eigenvalue weighted by molar-refractivity contribution is 0.122. The lowest BCUT2D eigenvalue weighted by Gasteiger charge is -2.26. The molecular formula is C13H16N6O. The maximum absolute atomic E-state index is 5.88. The number of nitrogens with one attached hydrogen (secondary N) is 1. The van der Waals surface area contributed by atoms with Gasteiger partial charge in [-0.1, -0.05) is 18.2 Å². The molecule has 2 aromatic rings. The molecule has 0 saturated carbocycles. The van der Waals surface area contributed by atoms with Crippen LogP contribution in [-0.2, 0) is 4.74 Å². The molecule has 3 N–H and O–H groups in total. The van der Waals surface area contributed by atoms with E-state index < -0.39 is 0 Å². The number of rotatable bonds is 3. The average Bonchev–Trinajstić information content (AvgIpc) is 2.88. The van der Waals surface area contributed by atoms with E-state index in [9.17, 15) is 0 Å². The number of nitrogens with zero attached hydrogens (tertiary/aromatic N) is 4. The third-order valence-electron chi connectivity index (χ3n) is 3.08. The zero-order valence-corrected chi connectivity index (χ0v) is 11.0. The molecule has 0 spiro atoms. The minimum Gasteiger partial charge on any atom is -0.382 e. The predicted octanol–water partition coefficient (Wildman–Crippen LogP) is 2.24. The number of nitrogen functional groups attached to an aromatic ring is 1. The van der Waals surface area contributed by atoms with Gasteiger partial charge in [0.2, 0.25) is 0 Å². The van der Waals surface area contributed by atoms with E-state index in [1.54, 1.807) is 0 Å². The summed E-state index contributed by atoms with van der Waals surface area (Å²) < 4.78 is 5.33. The molecule has 0 bridgehead atoms. The molecule has 0 amide bonds. The first-order valence-electron chi connectivity index (χ1n) is 6.48. The standard InChI is InChI=1S/C13H16N6O/c14-12-11(16-15-10-4-2-1-3-5-10)13(18-17-12)19-6-8-20-9-7-19/h1-5H,6-9H2,(H3,14,17,18). The fourth-order valence-corrected chi connectivity index (χ4v) is 2.04. The molecule has 1 aliphatic rings. The summed E-state index contributed by atoms with van der Waals surface area (Å²) in [5, 5.41) is 15.4. The van der Waals surface area contributed by atoms with Crippen LogP contribution in [-0.4, -0.2) is 36.5 Å². The van der Waals surface area contributed by atoms with Crippen LogP contribution in [0.1, 0.15) is 0 Å². The lowest BCUT2D eigenvalue weighted by atomic mass is 10.3. The molecule has 7 nitrogen and oxygen atoms in total. The SMILES string of the molecule is Nc1[nH]nc(N2CCOCC2)c1N=Nc1ccccc1. The molecule has 0 radical (unpaired) electrons. The van der Waals surface area contributed by atoms with Crippen LogP contribution in [0.25, 0.3) is 0 Å². The normalized spacial score (nSPS) is 15.9. The van der Waals surface area contributed by atoms with Crippen molar-refractivity contribution in [3.8, 4) is 0 Å². The van der Waals surface area contributed by atoms with E-state index in [1.807, 2.05) is 30.3 Å². The number of azo groups is 1. The number of benzene rings is 1. The Bertz CT molecular complexity index is 588. The van der Waals surface area contributed by atoms with E-state index in [2.05, 4.69) is 25.3 Å². The molecule has 104 valence electrons. The van der Waals surface area contributed by atoms with Gasteiger partial charge < -0.3 is 15.4 Å². The largest absolute Gasteiger partial charge is 0.382 e. The highest BCUT2D eigenvalue weighted by Crippen LogP contribution is 2.33. The minimum atomic E-state index is 0.422. The summed E-state index contributed by atoms with van der Waals surface area (Å²) in [6, 6.07) is 9.53. The molecular weight excluding hydrogens is 256 g/mol. The first-order chi connectivity index (χ1) is 9.84. The highest BCUT2D eigenvalue weighted by molar-refractivity contribution is 5.73. The molecule has 0 aliphatic carbocycles. The Labute approximate surface area is 116 Å². The third-order valence-corrected chi connectivity index (χ3v) is 3.08. The average molecular weight is 272 g/mol. The summed E-state index contributed by atoms with van der Waals surface area (Å²) in [5.74, 6) is 1.15. The van der Waals surface area contributed by atoms with Crippen molar-refractivity contribution in [2.75, 3.05) is 36.9 Å². The second-order valence-electron chi connectivity index (χ2n) is 4.44. The van der Waals surface area contributed by atoms with Crippen LogP contribution in [0.2, 0.25) is 0 Å². The number of aromatic amines is 1. The fraction of sp³-hybridized carbons (Fsp3) is 0.308. The van der Waals surface area contributed by atoms with Crippen molar-refractivity contribution < 1.29 is 4.74 Å². The molecule has 7 heteroatoms. The maximum atomic E-state index is 5.88. The Kier molecular flexibility index (Phi) is 3.60. The number of anilines is 2. The summed E-state index contributed by atoms with van der Waals surface area (Å²) in [4.78, 5) is 2.09. The Morgan fingerprint density at radius 3 is 2.65 bits per heavy atom. The molecule has 2 heterocycles. The third kappa shape index (κ3) is 2.62. The molecule has 1 aliphatic heterocycles. The van der Waals surface area contributed by atoms with Crippen LogP contribution < -0.4 is 10.6 Å². The lowest BCUT2D eigenvalue weighted by Crippen LogP contribution is -2.36. The van der Waals surface area contributed by atoms with Gasteiger partial charge in [-0.05, 0) is 12.1 Å². The van der Waals surface area contributed by atoms with Gasteiger partial charge in [0.1, 0.15) is 5.82 Å². The number of nitrogens with two attached hydrogens (primary N) is 1. The van der Waals surface area contributed by atoms with E-state index >= 15 is 0 Å². The van der Waals surface area contributed by atoms with Crippen molar-refractivity contribution in [3.05, 3.63) is 30.3 Å². The summed E-state index contributed by atoms with van der Waals surface area (Å²) >= 11 is 0. The van der Waals surface area contributed by atoms with Crippen LogP contribution in [0.15, 0.2) is 40.6 Å². The van der Waals surface area contributed by atoms with Crippen molar-refractivity contribution in [1.29, 1.82) is 0 Å². The van der Waals surface area contributed by atoms with Gasteiger partial charge >= 0.3 is 0 Å². The Morgan fingerprint density at radius 1 is 1.15 bits per heavy atom. The zero-order chi connectivity index (χ0) is 13.8. The molecule has 1 aromatic carbocycles. The Morgan fingerprint density at radius 2 is 1.90 bits per heavy atom. The molecule has 0 atom stereocenters. The van der Waals surface area contributed by atoms with Gasteiger partial charge in [0.25, 0.3) is 0 Å². The van der Waals surface area contributed by atoms with Crippen molar-refractivity contribution in [1.82, 2.24) is 10.2 Å². The van der Waals surface area contributed by atoms with Gasteiger partial charge in [0.15, 0.2) is 11.5 Å². The zero-order valence-electron chi connectivity index (χ0n) is 11.0. The van der Waals surface area contributed by atoms with Crippen LogP contribution in [0.4, 0.5) is 23.0 Å². The number of hydrogen-bond acceptors (Lipinski definition) is 6.